The Morgan fingerprint density at radius 1 is 1.39 bits per heavy atom. The molecule has 1 atom stereocenters. The number of hydrogen-bond donors (Lipinski definition) is 1. The predicted molar refractivity (Wildman–Crippen MR) is 90.3 cm³/mol. The standard InChI is InChI=1S/C18H26N2O3/c1-13(2)15-7-4-8-16(10-15)19-17(21)18(22)20-9-5-6-14(11-20)12-23-3/h4,7-8,10,13-14H,5-6,9,11-12H2,1-3H3,(H,19,21). The summed E-state index contributed by atoms with van der Waals surface area (Å²) in [7, 11) is 1.66. The van der Waals surface area contributed by atoms with Crippen LogP contribution in [0.3, 0.4) is 0 Å². The summed E-state index contributed by atoms with van der Waals surface area (Å²) in [6.45, 7) is 6.04. The van der Waals surface area contributed by atoms with Gasteiger partial charge < -0.3 is 15.0 Å². The minimum atomic E-state index is -0.566. The smallest absolute Gasteiger partial charge is 0.313 e. The number of anilines is 1. The number of ether oxygens (including phenoxy) is 1. The Balaban J connectivity index is 1.97. The van der Waals surface area contributed by atoms with Crippen LogP contribution in [0.4, 0.5) is 5.69 Å². The number of carbonyl (C=O) groups excluding carboxylic acids is 2. The number of benzene rings is 1. The van der Waals surface area contributed by atoms with Crippen molar-refractivity contribution in [3.8, 4) is 0 Å². The van der Waals surface area contributed by atoms with Crippen LogP contribution in [0.15, 0.2) is 24.3 Å². The van der Waals surface area contributed by atoms with Gasteiger partial charge in [-0.15, -0.1) is 0 Å². The highest BCUT2D eigenvalue weighted by Gasteiger charge is 2.27. The largest absolute Gasteiger partial charge is 0.384 e. The van der Waals surface area contributed by atoms with Crippen LogP contribution in [0.1, 0.15) is 38.2 Å². The van der Waals surface area contributed by atoms with Gasteiger partial charge in [-0.3, -0.25) is 9.59 Å². The highest BCUT2D eigenvalue weighted by molar-refractivity contribution is 6.39. The van der Waals surface area contributed by atoms with Crippen molar-refractivity contribution in [1.29, 1.82) is 0 Å². The van der Waals surface area contributed by atoms with Gasteiger partial charge in [0.15, 0.2) is 0 Å². The van der Waals surface area contributed by atoms with Crippen molar-refractivity contribution in [2.75, 3.05) is 32.1 Å². The molecule has 23 heavy (non-hydrogen) atoms. The van der Waals surface area contributed by atoms with E-state index in [1.54, 1.807) is 18.1 Å². The van der Waals surface area contributed by atoms with Gasteiger partial charge in [0, 0.05) is 25.9 Å². The van der Waals surface area contributed by atoms with E-state index in [0.717, 1.165) is 18.4 Å². The van der Waals surface area contributed by atoms with Gasteiger partial charge >= 0.3 is 11.8 Å². The molecule has 126 valence electrons. The summed E-state index contributed by atoms with van der Waals surface area (Å²) < 4.78 is 5.16. The van der Waals surface area contributed by atoms with E-state index in [1.807, 2.05) is 18.2 Å². The topological polar surface area (TPSA) is 58.6 Å². The van der Waals surface area contributed by atoms with Gasteiger partial charge in [-0.2, -0.15) is 0 Å². The first-order valence-corrected chi connectivity index (χ1v) is 8.20. The molecule has 0 spiro atoms. The molecule has 0 aromatic heterocycles. The first-order chi connectivity index (χ1) is 11.0. The predicted octanol–water partition coefficient (Wildman–Crippen LogP) is 2.63. The zero-order valence-corrected chi connectivity index (χ0v) is 14.2. The second-order valence-electron chi connectivity index (χ2n) is 6.45. The van der Waals surface area contributed by atoms with Gasteiger partial charge in [-0.25, -0.2) is 0 Å². The second-order valence-corrected chi connectivity index (χ2v) is 6.45. The lowest BCUT2D eigenvalue weighted by atomic mass is 9.99. The number of amides is 2. The van der Waals surface area contributed by atoms with E-state index in [2.05, 4.69) is 19.2 Å². The summed E-state index contributed by atoms with van der Waals surface area (Å²) in [5.41, 5.74) is 1.80. The summed E-state index contributed by atoms with van der Waals surface area (Å²) in [6, 6.07) is 7.63. The Kier molecular flexibility index (Phi) is 6.16. The fourth-order valence-corrected chi connectivity index (χ4v) is 2.92. The highest BCUT2D eigenvalue weighted by atomic mass is 16.5. The van der Waals surface area contributed by atoms with Crippen molar-refractivity contribution in [1.82, 2.24) is 4.90 Å². The quantitative estimate of drug-likeness (QED) is 0.868. The molecule has 0 saturated carbocycles. The van der Waals surface area contributed by atoms with Crippen molar-refractivity contribution in [2.24, 2.45) is 5.92 Å². The average Bonchev–Trinajstić information content (AvgIpc) is 2.55. The molecule has 1 aliphatic rings. The molecule has 1 aliphatic heterocycles. The molecule has 0 aliphatic carbocycles. The lowest BCUT2D eigenvalue weighted by Gasteiger charge is -2.31. The molecule has 1 N–H and O–H groups in total. The van der Waals surface area contributed by atoms with E-state index >= 15 is 0 Å². The fourth-order valence-electron chi connectivity index (χ4n) is 2.92. The minimum Gasteiger partial charge on any atom is -0.384 e. The zero-order chi connectivity index (χ0) is 16.8. The minimum absolute atomic E-state index is 0.315. The summed E-state index contributed by atoms with van der Waals surface area (Å²) in [5, 5.41) is 2.72. The van der Waals surface area contributed by atoms with E-state index in [9.17, 15) is 9.59 Å². The van der Waals surface area contributed by atoms with Gasteiger partial charge in [-0.05, 0) is 42.4 Å². The van der Waals surface area contributed by atoms with Crippen LogP contribution in [0.5, 0.6) is 0 Å². The molecule has 1 saturated heterocycles. The average molecular weight is 318 g/mol. The number of rotatable bonds is 4. The van der Waals surface area contributed by atoms with Gasteiger partial charge in [0.1, 0.15) is 0 Å². The fraction of sp³-hybridized carbons (Fsp3) is 0.556. The van der Waals surface area contributed by atoms with Crippen molar-refractivity contribution >= 4 is 17.5 Å². The number of carbonyl (C=O) groups is 2. The third kappa shape index (κ3) is 4.79. The van der Waals surface area contributed by atoms with Crippen molar-refractivity contribution < 1.29 is 14.3 Å². The number of hydrogen-bond acceptors (Lipinski definition) is 3. The first kappa shape index (κ1) is 17.5. The summed E-state index contributed by atoms with van der Waals surface area (Å²) >= 11 is 0. The third-order valence-electron chi connectivity index (χ3n) is 4.21. The monoisotopic (exact) mass is 318 g/mol. The molecule has 1 fully saturated rings. The Hall–Kier alpha value is -1.88. The SMILES string of the molecule is COCC1CCCN(C(=O)C(=O)Nc2cccc(C(C)C)c2)C1. The van der Waals surface area contributed by atoms with Crippen molar-refractivity contribution in [2.45, 2.75) is 32.6 Å². The maximum atomic E-state index is 12.3. The van der Waals surface area contributed by atoms with Crippen molar-refractivity contribution in [3.05, 3.63) is 29.8 Å². The number of nitrogens with one attached hydrogen (secondary N) is 1. The number of likely N-dealkylation sites (tertiary alicyclic amines) is 1. The van der Waals surface area contributed by atoms with E-state index in [4.69, 9.17) is 4.74 Å². The molecule has 0 bridgehead atoms. The molecule has 1 unspecified atom stereocenters. The Morgan fingerprint density at radius 3 is 2.87 bits per heavy atom. The molecule has 2 amide bonds. The Bertz CT molecular complexity index is 555. The van der Waals surface area contributed by atoms with Crippen molar-refractivity contribution in [3.63, 3.8) is 0 Å². The van der Waals surface area contributed by atoms with Gasteiger partial charge in [0.05, 0.1) is 6.61 Å². The van der Waals surface area contributed by atoms with Crippen LogP contribution >= 0.6 is 0 Å². The molecule has 1 aromatic carbocycles. The molecule has 2 rings (SSSR count). The zero-order valence-electron chi connectivity index (χ0n) is 14.2. The normalized spacial score (nSPS) is 18.1. The molecule has 1 aromatic rings. The molecule has 1 heterocycles. The number of nitrogens with zero attached hydrogens (tertiary/aromatic N) is 1. The van der Waals surface area contributed by atoms with Gasteiger partial charge in [0.25, 0.3) is 0 Å². The summed E-state index contributed by atoms with van der Waals surface area (Å²) in [5.74, 6) is -0.334. The van der Waals surface area contributed by atoms with Crippen LogP contribution in [-0.2, 0) is 14.3 Å². The Labute approximate surface area is 138 Å². The summed E-state index contributed by atoms with van der Waals surface area (Å²) in [6.07, 6.45) is 1.95. The molecule has 0 radical (unpaired) electrons. The van der Waals surface area contributed by atoms with E-state index in [1.165, 1.54) is 0 Å². The van der Waals surface area contributed by atoms with Gasteiger partial charge in [0.2, 0.25) is 0 Å². The van der Waals surface area contributed by atoms with E-state index in [-0.39, 0.29) is 0 Å². The maximum Gasteiger partial charge on any atom is 0.313 e. The van der Waals surface area contributed by atoms with E-state index in [0.29, 0.717) is 37.2 Å². The second kappa shape index (κ2) is 8.11. The van der Waals surface area contributed by atoms with Gasteiger partial charge in [-0.1, -0.05) is 26.0 Å². The van der Waals surface area contributed by atoms with Crippen LogP contribution < -0.4 is 5.32 Å². The highest BCUT2D eigenvalue weighted by Crippen LogP contribution is 2.20. The molecular weight excluding hydrogens is 292 g/mol. The van der Waals surface area contributed by atoms with Crippen LogP contribution in [0.25, 0.3) is 0 Å². The third-order valence-corrected chi connectivity index (χ3v) is 4.21. The Morgan fingerprint density at radius 2 is 2.17 bits per heavy atom. The van der Waals surface area contributed by atoms with Crippen LogP contribution in [-0.4, -0.2) is 43.5 Å². The lowest BCUT2D eigenvalue weighted by molar-refractivity contribution is -0.144. The first-order valence-electron chi connectivity index (χ1n) is 8.20. The lowest BCUT2D eigenvalue weighted by Crippen LogP contribution is -2.46. The summed E-state index contributed by atoms with van der Waals surface area (Å²) in [4.78, 5) is 26.2. The van der Waals surface area contributed by atoms with Crippen LogP contribution in [0.2, 0.25) is 0 Å². The van der Waals surface area contributed by atoms with Crippen LogP contribution in [0, 0.1) is 5.92 Å². The molecule has 5 heteroatoms. The molecule has 5 nitrogen and oxygen atoms in total. The maximum absolute atomic E-state index is 12.3. The number of piperidine rings is 1. The molecular formula is C18H26N2O3. The van der Waals surface area contributed by atoms with E-state index < -0.39 is 11.8 Å². The number of methoxy groups -OCH3 is 1.